The Morgan fingerprint density at radius 1 is 1.09 bits per heavy atom. The van der Waals surface area contributed by atoms with Crippen LogP contribution in [0.1, 0.15) is 25.1 Å². The van der Waals surface area contributed by atoms with E-state index in [1.165, 1.54) is 4.68 Å². The van der Waals surface area contributed by atoms with Crippen LogP contribution in [0.15, 0.2) is 65.5 Å². The highest BCUT2D eigenvalue weighted by atomic mass is 35.5. The van der Waals surface area contributed by atoms with Crippen LogP contribution in [0, 0.1) is 13.8 Å². The van der Waals surface area contributed by atoms with Crippen molar-refractivity contribution < 1.29 is 9.53 Å². The molecule has 8 nitrogen and oxygen atoms in total. The van der Waals surface area contributed by atoms with Crippen molar-refractivity contribution in [3.63, 3.8) is 0 Å². The zero-order valence-electron chi connectivity index (χ0n) is 19.2. The number of H-pyrrole nitrogens is 1. The Bertz CT molecular complexity index is 1390. The Morgan fingerprint density at radius 2 is 1.76 bits per heavy atom. The fraction of sp³-hybridized carbons (Fsp3) is 0.200. The third kappa shape index (κ3) is 4.87. The first kappa shape index (κ1) is 23.3. The molecular weight excluding hydrogens is 454 g/mol. The topological polar surface area (TPSA) is 102 Å². The molecule has 0 aliphatic heterocycles. The number of rotatable bonds is 6. The summed E-state index contributed by atoms with van der Waals surface area (Å²) in [5.74, 6) is 0.627. The van der Waals surface area contributed by atoms with E-state index in [1.54, 1.807) is 58.0 Å². The van der Waals surface area contributed by atoms with Crippen LogP contribution in [-0.2, 0) is 4.79 Å². The zero-order valence-corrected chi connectivity index (χ0v) is 20.0. The van der Waals surface area contributed by atoms with Gasteiger partial charge in [-0.2, -0.15) is 9.78 Å². The van der Waals surface area contributed by atoms with Crippen LogP contribution in [0.25, 0.3) is 17.2 Å². The van der Waals surface area contributed by atoms with Crippen molar-refractivity contribution in [3.8, 4) is 23.0 Å². The number of halogens is 1. The van der Waals surface area contributed by atoms with E-state index in [2.05, 4.69) is 20.4 Å². The molecule has 0 aliphatic carbocycles. The maximum Gasteiger partial charge on any atom is 0.269 e. The second kappa shape index (κ2) is 9.15. The number of anilines is 1. The smallest absolute Gasteiger partial charge is 0.269 e. The van der Waals surface area contributed by atoms with Gasteiger partial charge in [0.25, 0.3) is 11.5 Å². The lowest BCUT2D eigenvalue weighted by molar-refractivity contribution is -0.128. The number of carbonyl (C=O) groups excluding carboxylic acids is 1. The molecule has 0 unspecified atom stereocenters. The van der Waals surface area contributed by atoms with E-state index in [4.69, 9.17) is 16.3 Å². The van der Waals surface area contributed by atoms with Gasteiger partial charge in [0.1, 0.15) is 11.6 Å². The SMILES string of the molecule is Cc1nc(-n2nc(-c3ccccc3)cc2NC(=O)C(C)(C)Oc2ccc(Cl)cc2)[nH]c(=O)c1C. The molecule has 9 heteroatoms. The average molecular weight is 478 g/mol. The van der Waals surface area contributed by atoms with Gasteiger partial charge >= 0.3 is 0 Å². The molecule has 34 heavy (non-hydrogen) atoms. The van der Waals surface area contributed by atoms with Gasteiger partial charge in [-0.3, -0.25) is 14.6 Å². The maximum absolute atomic E-state index is 13.2. The number of hydrogen-bond donors (Lipinski definition) is 2. The highest BCUT2D eigenvalue weighted by Crippen LogP contribution is 2.26. The minimum absolute atomic E-state index is 0.196. The fourth-order valence-electron chi connectivity index (χ4n) is 3.22. The number of nitrogens with zero attached hydrogens (tertiary/aromatic N) is 3. The summed E-state index contributed by atoms with van der Waals surface area (Å²) >= 11 is 5.94. The van der Waals surface area contributed by atoms with Gasteiger partial charge in [0.2, 0.25) is 5.95 Å². The second-order valence-corrected chi connectivity index (χ2v) is 8.75. The molecule has 0 spiro atoms. The summed E-state index contributed by atoms with van der Waals surface area (Å²) in [4.78, 5) is 32.8. The third-order valence-corrected chi connectivity index (χ3v) is 5.59. The quantitative estimate of drug-likeness (QED) is 0.419. The molecule has 4 rings (SSSR count). The van der Waals surface area contributed by atoms with E-state index in [9.17, 15) is 9.59 Å². The second-order valence-electron chi connectivity index (χ2n) is 8.31. The summed E-state index contributed by atoms with van der Waals surface area (Å²) in [7, 11) is 0. The first-order valence-corrected chi connectivity index (χ1v) is 11.0. The van der Waals surface area contributed by atoms with Crippen LogP contribution in [0.3, 0.4) is 0 Å². The van der Waals surface area contributed by atoms with Crippen LogP contribution < -0.4 is 15.6 Å². The van der Waals surface area contributed by atoms with Crippen LogP contribution in [0.5, 0.6) is 5.75 Å². The normalized spacial score (nSPS) is 11.3. The van der Waals surface area contributed by atoms with E-state index in [0.29, 0.717) is 33.5 Å². The average Bonchev–Trinajstić information content (AvgIpc) is 3.23. The van der Waals surface area contributed by atoms with Crippen molar-refractivity contribution in [3.05, 3.63) is 87.3 Å². The molecule has 0 saturated carbocycles. The van der Waals surface area contributed by atoms with E-state index in [-0.39, 0.29) is 11.5 Å². The monoisotopic (exact) mass is 477 g/mol. The number of hydrogen-bond acceptors (Lipinski definition) is 5. The lowest BCUT2D eigenvalue weighted by Gasteiger charge is -2.25. The van der Waals surface area contributed by atoms with E-state index >= 15 is 0 Å². The van der Waals surface area contributed by atoms with Gasteiger partial charge in [0.05, 0.1) is 5.69 Å². The predicted molar refractivity (Wildman–Crippen MR) is 132 cm³/mol. The minimum atomic E-state index is -1.22. The predicted octanol–water partition coefficient (Wildman–Crippen LogP) is 4.69. The van der Waals surface area contributed by atoms with Gasteiger partial charge < -0.3 is 10.1 Å². The molecule has 2 aromatic heterocycles. The van der Waals surface area contributed by atoms with Crippen molar-refractivity contribution >= 4 is 23.3 Å². The maximum atomic E-state index is 13.2. The van der Waals surface area contributed by atoms with Crippen molar-refractivity contribution in [2.45, 2.75) is 33.3 Å². The largest absolute Gasteiger partial charge is 0.478 e. The van der Waals surface area contributed by atoms with Gasteiger partial charge in [0, 0.05) is 27.9 Å². The van der Waals surface area contributed by atoms with Gasteiger partial charge in [0.15, 0.2) is 5.60 Å². The molecule has 1 amide bonds. The fourth-order valence-corrected chi connectivity index (χ4v) is 3.35. The lowest BCUT2D eigenvalue weighted by atomic mass is 10.1. The molecule has 0 aliphatic rings. The molecule has 0 atom stereocenters. The highest BCUT2D eigenvalue weighted by Gasteiger charge is 2.31. The summed E-state index contributed by atoms with van der Waals surface area (Å²) in [6, 6.07) is 18.0. The molecule has 0 saturated heterocycles. The molecule has 0 radical (unpaired) electrons. The molecule has 2 N–H and O–H groups in total. The molecule has 0 bridgehead atoms. The van der Waals surface area contributed by atoms with Crippen LogP contribution in [0.2, 0.25) is 5.02 Å². The standard InChI is InChI=1S/C25H24ClN5O3/c1-15-16(2)27-24(29-22(15)32)31-21(14-20(30-31)17-8-6-5-7-9-17)28-23(33)25(3,4)34-19-12-10-18(26)11-13-19/h5-14H,1-4H3,(H,28,33)(H,27,29,32). The van der Waals surface area contributed by atoms with Crippen LogP contribution >= 0.6 is 11.6 Å². The van der Waals surface area contributed by atoms with Gasteiger partial charge in [-0.05, 0) is 52.0 Å². The Labute approximate surface area is 201 Å². The van der Waals surface area contributed by atoms with Gasteiger partial charge in [-0.1, -0.05) is 41.9 Å². The highest BCUT2D eigenvalue weighted by molar-refractivity contribution is 6.30. The number of ether oxygens (including phenoxy) is 1. The number of amides is 1. The molecule has 4 aromatic rings. The number of nitrogens with one attached hydrogen (secondary N) is 2. The molecule has 0 fully saturated rings. The van der Waals surface area contributed by atoms with E-state index < -0.39 is 11.5 Å². The Balaban J connectivity index is 1.71. The summed E-state index contributed by atoms with van der Waals surface area (Å²) in [5.41, 5.74) is 1.04. The Morgan fingerprint density at radius 3 is 2.41 bits per heavy atom. The third-order valence-electron chi connectivity index (χ3n) is 5.34. The van der Waals surface area contributed by atoms with Crippen LogP contribution in [-0.4, -0.2) is 31.3 Å². The lowest BCUT2D eigenvalue weighted by Crippen LogP contribution is -2.43. The molecular formula is C25H24ClN5O3. The first-order chi connectivity index (χ1) is 16.1. The number of carbonyl (C=O) groups is 1. The Kier molecular flexibility index (Phi) is 6.26. The van der Waals surface area contributed by atoms with Gasteiger partial charge in [-0.25, -0.2) is 4.98 Å². The van der Waals surface area contributed by atoms with Crippen molar-refractivity contribution in [1.82, 2.24) is 19.7 Å². The molecule has 2 aromatic carbocycles. The molecule has 2 heterocycles. The Hall–Kier alpha value is -3.91. The van der Waals surface area contributed by atoms with Crippen molar-refractivity contribution in [2.24, 2.45) is 0 Å². The summed E-state index contributed by atoms with van der Waals surface area (Å²) in [6.07, 6.45) is 0. The zero-order chi connectivity index (χ0) is 24.5. The number of aromatic amines is 1. The van der Waals surface area contributed by atoms with Gasteiger partial charge in [-0.15, -0.1) is 0 Å². The first-order valence-electron chi connectivity index (χ1n) is 10.6. The summed E-state index contributed by atoms with van der Waals surface area (Å²) in [5, 5.41) is 8.05. The number of aryl methyl sites for hydroxylation is 1. The van der Waals surface area contributed by atoms with E-state index in [1.807, 2.05) is 30.3 Å². The van der Waals surface area contributed by atoms with Crippen molar-refractivity contribution in [1.29, 1.82) is 0 Å². The van der Waals surface area contributed by atoms with Crippen LogP contribution in [0.4, 0.5) is 5.82 Å². The minimum Gasteiger partial charge on any atom is -0.478 e. The summed E-state index contributed by atoms with van der Waals surface area (Å²) in [6.45, 7) is 6.76. The number of benzene rings is 2. The summed E-state index contributed by atoms with van der Waals surface area (Å²) < 4.78 is 7.32. The van der Waals surface area contributed by atoms with E-state index in [0.717, 1.165) is 5.56 Å². The number of aromatic nitrogens is 4. The van der Waals surface area contributed by atoms with Crippen molar-refractivity contribution in [2.75, 3.05) is 5.32 Å². The molecule has 174 valence electrons.